The number of nitrogens with zero attached hydrogens (tertiary/aromatic N) is 3. The Labute approximate surface area is 106 Å². The van der Waals surface area contributed by atoms with Crippen molar-refractivity contribution >= 4 is 0 Å². The average molecular weight is 237 g/mol. The third-order valence-corrected chi connectivity index (χ3v) is 1.53. The van der Waals surface area contributed by atoms with Crippen LogP contribution in [-0.2, 0) is 5.41 Å². The van der Waals surface area contributed by atoms with Gasteiger partial charge in [-0.05, 0) is 19.3 Å². The molecule has 0 saturated carbocycles. The lowest BCUT2D eigenvalue weighted by Crippen LogP contribution is -2.18. The van der Waals surface area contributed by atoms with Crippen molar-refractivity contribution in [2.75, 3.05) is 0 Å². The maximum atomic E-state index is 4.28. The average Bonchev–Trinajstić information content (AvgIpc) is 1.96. The summed E-state index contributed by atoms with van der Waals surface area (Å²) in [6.07, 6.45) is 0. The van der Waals surface area contributed by atoms with E-state index in [9.17, 15) is 0 Å². The topological polar surface area (TPSA) is 38.7 Å². The number of aryl methyl sites for hydroxylation is 2. The molecule has 0 amide bonds. The third kappa shape index (κ3) is 8.78. The Kier molecular flexibility index (Phi) is 5.24. The Morgan fingerprint density at radius 3 is 1.18 bits per heavy atom. The van der Waals surface area contributed by atoms with Crippen LogP contribution in [0.2, 0.25) is 0 Å². The lowest BCUT2D eigenvalue weighted by atomic mass is 9.96. The van der Waals surface area contributed by atoms with Crippen molar-refractivity contribution in [3.05, 3.63) is 17.5 Å². The molecule has 0 atom stereocenters. The van der Waals surface area contributed by atoms with Gasteiger partial charge < -0.3 is 0 Å². The summed E-state index contributed by atoms with van der Waals surface area (Å²) in [5, 5.41) is 0. The highest BCUT2D eigenvalue weighted by Gasteiger charge is 2.17. The zero-order valence-electron chi connectivity index (χ0n) is 12.8. The zero-order valence-corrected chi connectivity index (χ0v) is 12.8. The van der Waals surface area contributed by atoms with Crippen molar-refractivity contribution in [3.8, 4) is 0 Å². The quantitative estimate of drug-likeness (QED) is 0.688. The fourth-order valence-electron chi connectivity index (χ4n) is 0.951. The first-order valence-electron chi connectivity index (χ1n) is 6.09. The minimum Gasteiger partial charge on any atom is -0.219 e. The molecule has 17 heavy (non-hydrogen) atoms. The minimum absolute atomic E-state index is 0.0124. The van der Waals surface area contributed by atoms with Gasteiger partial charge in [0.15, 0.2) is 0 Å². The van der Waals surface area contributed by atoms with Crippen molar-refractivity contribution in [3.63, 3.8) is 0 Å². The molecule has 1 heterocycles. The van der Waals surface area contributed by atoms with Crippen LogP contribution < -0.4 is 0 Å². The molecule has 1 aromatic rings. The fraction of sp³-hybridized carbons (Fsp3) is 0.786. The first-order chi connectivity index (χ1) is 7.39. The van der Waals surface area contributed by atoms with E-state index in [0.717, 1.165) is 17.5 Å². The molecule has 3 heteroatoms. The van der Waals surface area contributed by atoms with Crippen LogP contribution in [-0.4, -0.2) is 15.0 Å². The largest absolute Gasteiger partial charge is 0.219 e. The van der Waals surface area contributed by atoms with Crippen LogP contribution in [0.3, 0.4) is 0 Å². The monoisotopic (exact) mass is 237 g/mol. The van der Waals surface area contributed by atoms with Gasteiger partial charge in [0.05, 0.1) is 0 Å². The van der Waals surface area contributed by atoms with E-state index < -0.39 is 0 Å². The van der Waals surface area contributed by atoms with Gasteiger partial charge in [-0.25, -0.2) is 15.0 Å². The minimum atomic E-state index is 0.0124. The standard InChI is InChI=1S/C9H15N3.C5H12/c1-6-10-7(2)12-8(11-6)9(3,4)5;1-5(2,3)4/h1-5H3;1-4H3. The van der Waals surface area contributed by atoms with E-state index in [1.165, 1.54) is 0 Å². The third-order valence-electron chi connectivity index (χ3n) is 1.53. The van der Waals surface area contributed by atoms with Gasteiger partial charge in [0.2, 0.25) is 0 Å². The summed E-state index contributed by atoms with van der Waals surface area (Å²) in [4.78, 5) is 12.7. The maximum Gasteiger partial charge on any atom is 0.137 e. The van der Waals surface area contributed by atoms with Crippen molar-refractivity contribution in [1.82, 2.24) is 15.0 Å². The van der Waals surface area contributed by atoms with Gasteiger partial charge in [-0.2, -0.15) is 0 Å². The van der Waals surface area contributed by atoms with E-state index in [1.807, 2.05) is 13.8 Å². The summed E-state index contributed by atoms with van der Waals surface area (Å²) in [6, 6.07) is 0. The smallest absolute Gasteiger partial charge is 0.137 e. The van der Waals surface area contributed by atoms with E-state index in [2.05, 4.69) is 63.4 Å². The van der Waals surface area contributed by atoms with Gasteiger partial charge >= 0.3 is 0 Å². The molecule has 0 saturated heterocycles. The number of aromatic nitrogens is 3. The lowest BCUT2D eigenvalue weighted by Gasteiger charge is -2.16. The Hall–Kier alpha value is -0.990. The van der Waals surface area contributed by atoms with Crippen LogP contribution in [0, 0.1) is 19.3 Å². The van der Waals surface area contributed by atoms with E-state index in [-0.39, 0.29) is 5.41 Å². The molecule has 0 aromatic carbocycles. The second-order valence-corrected chi connectivity index (χ2v) is 7.00. The predicted molar refractivity (Wildman–Crippen MR) is 73.1 cm³/mol. The normalized spacial score (nSPS) is 11.8. The van der Waals surface area contributed by atoms with Crippen LogP contribution in [0.25, 0.3) is 0 Å². The molecule has 0 bridgehead atoms. The fourth-order valence-corrected chi connectivity index (χ4v) is 0.951. The number of hydrogen-bond donors (Lipinski definition) is 0. The summed E-state index contributed by atoms with van der Waals surface area (Å²) in [5.74, 6) is 2.47. The van der Waals surface area contributed by atoms with Crippen molar-refractivity contribution < 1.29 is 0 Å². The Morgan fingerprint density at radius 1 is 0.647 bits per heavy atom. The Balaban J connectivity index is 0.000000437. The van der Waals surface area contributed by atoms with Gasteiger partial charge in [0.25, 0.3) is 0 Å². The van der Waals surface area contributed by atoms with E-state index in [0.29, 0.717) is 5.41 Å². The lowest BCUT2D eigenvalue weighted by molar-refractivity contribution is 0.469. The van der Waals surface area contributed by atoms with Crippen molar-refractivity contribution in [1.29, 1.82) is 0 Å². The van der Waals surface area contributed by atoms with Gasteiger partial charge in [-0.1, -0.05) is 48.5 Å². The molecule has 98 valence electrons. The van der Waals surface area contributed by atoms with Crippen molar-refractivity contribution in [2.24, 2.45) is 5.41 Å². The predicted octanol–water partition coefficient (Wildman–Crippen LogP) is 3.84. The molecule has 0 aliphatic heterocycles. The van der Waals surface area contributed by atoms with Crippen LogP contribution >= 0.6 is 0 Å². The molecule has 1 aromatic heterocycles. The van der Waals surface area contributed by atoms with Gasteiger partial charge in [0.1, 0.15) is 17.5 Å². The maximum absolute atomic E-state index is 4.28. The summed E-state index contributed by atoms with van der Waals surface area (Å²) >= 11 is 0. The van der Waals surface area contributed by atoms with Crippen LogP contribution in [0.15, 0.2) is 0 Å². The van der Waals surface area contributed by atoms with Crippen LogP contribution in [0.1, 0.15) is 65.9 Å². The second-order valence-electron chi connectivity index (χ2n) is 7.00. The van der Waals surface area contributed by atoms with Crippen LogP contribution in [0.4, 0.5) is 0 Å². The molecule has 1 rings (SSSR count). The molecule has 0 N–H and O–H groups in total. The molecule has 0 aliphatic rings. The summed E-state index contributed by atoms with van der Waals surface area (Å²) < 4.78 is 0. The summed E-state index contributed by atoms with van der Waals surface area (Å²) in [6.45, 7) is 18.8. The SMILES string of the molecule is CC(C)(C)C.Cc1nc(C)nc(C(C)(C)C)n1. The van der Waals surface area contributed by atoms with Crippen molar-refractivity contribution in [2.45, 2.75) is 67.7 Å². The molecular formula is C14H27N3. The summed E-state index contributed by atoms with van der Waals surface area (Å²) in [5.41, 5.74) is 0.512. The van der Waals surface area contributed by atoms with E-state index >= 15 is 0 Å². The first kappa shape index (κ1) is 16.0. The first-order valence-corrected chi connectivity index (χ1v) is 6.09. The molecule has 0 aliphatic carbocycles. The highest BCUT2D eigenvalue weighted by Crippen LogP contribution is 2.17. The van der Waals surface area contributed by atoms with Gasteiger partial charge in [0, 0.05) is 5.41 Å². The molecule has 3 nitrogen and oxygen atoms in total. The van der Waals surface area contributed by atoms with E-state index in [1.54, 1.807) is 0 Å². The zero-order chi connectivity index (χ0) is 13.9. The second kappa shape index (κ2) is 5.56. The molecule has 0 radical (unpaired) electrons. The Bertz CT molecular complexity index is 330. The Morgan fingerprint density at radius 2 is 0.941 bits per heavy atom. The van der Waals surface area contributed by atoms with E-state index in [4.69, 9.17) is 0 Å². The highest BCUT2D eigenvalue weighted by molar-refractivity contribution is 5.04. The molecule has 0 spiro atoms. The number of rotatable bonds is 0. The molecule has 0 unspecified atom stereocenters. The highest BCUT2D eigenvalue weighted by atomic mass is 15.0. The van der Waals surface area contributed by atoms with Gasteiger partial charge in [-0.15, -0.1) is 0 Å². The molecular weight excluding hydrogens is 210 g/mol. The number of hydrogen-bond acceptors (Lipinski definition) is 3. The summed E-state index contributed by atoms with van der Waals surface area (Å²) in [7, 11) is 0. The molecule has 0 fully saturated rings. The van der Waals surface area contributed by atoms with Gasteiger partial charge in [-0.3, -0.25) is 0 Å². The van der Waals surface area contributed by atoms with Crippen LogP contribution in [0.5, 0.6) is 0 Å².